The van der Waals surface area contributed by atoms with Gasteiger partial charge in [-0.25, -0.2) is 0 Å². The Kier molecular flexibility index (Phi) is 4.58. The Morgan fingerprint density at radius 1 is 1.42 bits per heavy atom. The number of rotatable bonds is 5. The minimum absolute atomic E-state index is 0.129. The molecule has 0 spiro atoms. The predicted molar refractivity (Wildman–Crippen MR) is 48.2 cm³/mol. The molecule has 1 fully saturated rings. The van der Waals surface area contributed by atoms with Crippen LogP contribution in [0.5, 0.6) is 0 Å². The van der Waals surface area contributed by atoms with Gasteiger partial charge in [-0.2, -0.15) is 0 Å². The highest BCUT2D eigenvalue weighted by molar-refractivity contribution is 4.68. The van der Waals surface area contributed by atoms with Crippen LogP contribution in [0.15, 0.2) is 0 Å². The van der Waals surface area contributed by atoms with Crippen molar-refractivity contribution in [1.29, 1.82) is 0 Å². The van der Waals surface area contributed by atoms with Crippen molar-refractivity contribution in [2.45, 2.75) is 25.9 Å². The molecule has 1 atom stereocenters. The van der Waals surface area contributed by atoms with E-state index in [0.717, 1.165) is 6.54 Å². The highest BCUT2D eigenvalue weighted by Gasteiger charge is 2.14. The van der Waals surface area contributed by atoms with Crippen LogP contribution < -0.4 is 0 Å². The van der Waals surface area contributed by atoms with Gasteiger partial charge < -0.3 is 14.7 Å². The van der Waals surface area contributed by atoms with Gasteiger partial charge in [0, 0.05) is 6.54 Å². The Labute approximate surface area is 74.3 Å². The maximum Gasteiger partial charge on any atom is 0.0701 e. The first-order chi connectivity index (χ1) is 5.83. The van der Waals surface area contributed by atoms with Crippen molar-refractivity contribution in [2.24, 2.45) is 0 Å². The van der Waals surface area contributed by atoms with E-state index in [9.17, 15) is 0 Å². The van der Waals surface area contributed by atoms with Gasteiger partial charge in [0.25, 0.3) is 0 Å². The van der Waals surface area contributed by atoms with Crippen molar-refractivity contribution in [1.82, 2.24) is 4.90 Å². The maximum absolute atomic E-state index is 8.54. The second-order valence-corrected chi connectivity index (χ2v) is 3.41. The largest absolute Gasteiger partial charge is 0.394 e. The lowest BCUT2D eigenvalue weighted by Crippen LogP contribution is -2.30. The molecule has 0 aliphatic carbocycles. The molecule has 1 rings (SSSR count). The Balaban J connectivity index is 2.03. The number of hydrogen-bond donors (Lipinski definition) is 1. The van der Waals surface area contributed by atoms with Crippen LogP contribution in [-0.2, 0) is 4.74 Å². The van der Waals surface area contributed by atoms with E-state index in [1.165, 1.54) is 25.9 Å². The molecule has 1 aliphatic heterocycles. The third kappa shape index (κ3) is 3.52. The zero-order valence-electron chi connectivity index (χ0n) is 7.83. The first-order valence-corrected chi connectivity index (χ1v) is 4.77. The second kappa shape index (κ2) is 5.51. The fourth-order valence-electron chi connectivity index (χ4n) is 1.64. The van der Waals surface area contributed by atoms with Gasteiger partial charge in [-0.05, 0) is 32.9 Å². The van der Waals surface area contributed by atoms with Crippen LogP contribution in [0.25, 0.3) is 0 Å². The number of ether oxygens (including phenoxy) is 1. The highest BCUT2D eigenvalue weighted by atomic mass is 16.5. The summed E-state index contributed by atoms with van der Waals surface area (Å²) in [5.74, 6) is 0. The van der Waals surface area contributed by atoms with E-state index in [-0.39, 0.29) is 12.7 Å². The lowest BCUT2D eigenvalue weighted by Gasteiger charge is -2.19. The van der Waals surface area contributed by atoms with Crippen molar-refractivity contribution >= 4 is 0 Å². The molecule has 1 heterocycles. The Hall–Kier alpha value is -0.120. The summed E-state index contributed by atoms with van der Waals surface area (Å²) in [7, 11) is 0. The summed E-state index contributed by atoms with van der Waals surface area (Å²) < 4.78 is 5.36. The van der Waals surface area contributed by atoms with Crippen LogP contribution in [0, 0.1) is 0 Å². The second-order valence-electron chi connectivity index (χ2n) is 3.41. The molecule has 0 bridgehead atoms. The standard InChI is InChI=1S/C9H19NO2/c1-9(12-7-6-11)8-10-4-2-3-5-10/h9,11H,2-8H2,1H3. The molecular weight excluding hydrogens is 154 g/mol. The van der Waals surface area contributed by atoms with Gasteiger partial charge in [-0.3, -0.25) is 0 Å². The van der Waals surface area contributed by atoms with E-state index in [2.05, 4.69) is 11.8 Å². The maximum atomic E-state index is 8.54. The summed E-state index contributed by atoms with van der Waals surface area (Å²) in [5.41, 5.74) is 0. The molecule has 3 nitrogen and oxygen atoms in total. The van der Waals surface area contributed by atoms with Crippen LogP contribution in [0.4, 0.5) is 0 Å². The van der Waals surface area contributed by atoms with Crippen LogP contribution in [0.1, 0.15) is 19.8 Å². The lowest BCUT2D eigenvalue weighted by molar-refractivity contribution is 0.0219. The lowest BCUT2D eigenvalue weighted by atomic mass is 10.4. The van der Waals surface area contributed by atoms with Gasteiger partial charge in [0.2, 0.25) is 0 Å². The predicted octanol–water partition coefficient (Wildman–Crippen LogP) is 0.480. The molecule has 1 N–H and O–H groups in total. The molecule has 0 aromatic carbocycles. The zero-order valence-corrected chi connectivity index (χ0v) is 7.83. The number of hydrogen-bond acceptors (Lipinski definition) is 3. The minimum Gasteiger partial charge on any atom is -0.394 e. The molecule has 1 saturated heterocycles. The van der Waals surface area contributed by atoms with E-state index < -0.39 is 0 Å². The molecule has 0 aromatic heterocycles. The molecule has 0 saturated carbocycles. The number of aliphatic hydroxyl groups is 1. The molecule has 72 valence electrons. The highest BCUT2D eigenvalue weighted by Crippen LogP contribution is 2.08. The third-order valence-corrected chi connectivity index (χ3v) is 2.21. The van der Waals surface area contributed by atoms with Crippen molar-refractivity contribution in [3.05, 3.63) is 0 Å². The van der Waals surface area contributed by atoms with Gasteiger partial charge in [0.1, 0.15) is 0 Å². The zero-order chi connectivity index (χ0) is 8.81. The molecule has 1 unspecified atom stereocenters. The van der Waals surface area contributed by atoms with Gasteiger partial charge in [0.05, 0.1) is 19.3 Å². The van der Waals surface area contributed by atoms with Crippen molar-refractivity contribution in [3.8, 4) is 0 Å². The Bertz CT molecular complexity index is 113. The van der Waals surface area contributed by atoms with Crippen LogP contribution in [0.3, 0.4) is 0 Å². The van der Waals surface area contributed by atoms with E-state index in [1.54, 1.807) is 0 Å². The Morgan fingerprint density at radius 3 is 2.67 bits per heavy atom. The number of aliphatic hydroxyl groups excluding tert-OH is 1. The minimum atomic E-state index is 0.129. The van der Waals surface area contributed by atoms with E-state index >= 15 is 0 Å². The van der Waals surface area contributed by atoms with Crippen molar-refractivity contribution in [2.75, 3.05) is 32.8 Å². The average molecular weight is 173 g/mol. The molecule has 0 aromatic rings. The molecule has 12 heavy (non-hydrogen) atoms. The van der Waals surface area contributed by atoms with Crippen LogP contribution in [-0.4, -0.2) is 49.0 Å². The van der Waals surface area contributed by atoms with Gasteiger partial charge in [-0.1, -0.05) is 0 Å². The average Bonchev–Trinajstić information content (AvgIpc) is 2.53. The number of nitrogens with zero attached hydrogens (tertiary/aromatic N) is 1. The summed E-state index contributed by atoms with van der Waals surface area (Å²) in [6.07, 6.45) is 2.91. The molecule has 0 radical (unpaired) electrons. The van der Waals surface area contributed by atoms with E-state index in [0.29, 0.717) is 6.61 Å². The number of likely N-dealkylation sites (tertiary alicyclic amines) is 1. The summed E-state index contributed by atoms with van der Waals surface area (Å²) in [4.78, 5) is 2.42. The van der Waals surface area contributed by atoms with Crippen molar-refractivity contribution in [3.63, 3.8) is 0 Å². The summed E-state index contributed by atoms with van der Waals surface area (Å²) >= 11 is 0. The van der Waals surface area contributed by atoms with Crippen LogP contribution >= 0.6 is 0 Å². The molecule has 3 heteroatoms. The normalized spacial score (nSPS) is 21.5. The fraction of sp³-hybridized carbons (Fsp3) is 1.00. The van der Waals surface area contributed by atoms with Gasteiger partial charge in [0.15, 0.2) is 0 Å². The first-order valence-electron chi connectivity index (χ1n) is 4.77. The van der Waals surface area contributed by atoms with E-state index in [4.69, 9.17) is 9.84 Å². The molecule has 0 amide bonds. The summed E-state index contributed by atoms with van der Waals surface area (Å²) in [5, 5.41) is 8.54. The summed E-state index contributed by atoms with van der Waals surface area (Å²) in [6.45, 7) is 6.10. The Morgan fingerprint density at radius 2 is 2.08 bits per heavy atom. The van der Waals surface area contributed by atoms with Crippen molar-refractivity contribution < 1.29 is 9.84 Å². The summed E-state index contributed by atoms with van der Waals surface area (Å²) in [6, 6.07) is 0. The van der Waals surface area contributed by atoms with Gasteiger partial charge >= 0.3 is 0 Å². The monoisotopic (exact) mass is 173 g/mol. The third-order valence-electron chi connectivity index (χ3n) is 2.21. The molecular formula is C9H19NO2. The van der Waals surface area contributed by atoms with Crippen LogP contribution in [0.2, 0.25) is 0 Å². The fourth-order valence-corrected chi connectivity index (χ4v) is 1.64. The molecule has 1 aliphatic rings. The quantitative estimate of drug-likeness (QED) is 0.656. The first kappa shape index (κ1) is 9.96. The SMILES string of the molecule is CC(CN1CCCC1)OCCO. The topological polar surface area (TPSA) is 32.7 Å². The smallest absolute Gasteiger partial charge is 0.0701 e. The van der Waals surface area contributed by atoms with E-state index in [1.807, 2.05) is 0 Å². The van der Waals surface area contributed by atoms with Gasteiger partial charge in [-0.15, -0.1) is 0 Å².